The molecule has 0 amide bonds. The lowest BCUT2D eigenvalue weighted by molar-refractivity contribution is 0.239. The third kappa shape index (κ3) is 2.38. The highest BCUT2D eigenvalue weighted by Crippen LogP contribution is 2.08. The number of hydrogen-bond donors (Lipinski definition) is 0. The second-order valence-corrected chi connectivity index (χ2v) is 3.06. The van der Waals surface area contributed by atoms with Gasteiger partial charge in [-0.15, -0.1) is 0 Å². The molecule has 0 aromatic rings. The van der Waals surface area contributed by atoms with Crippen LogP contribution in [-0.2, 0) is 0 Å². The highest BCUT2D eigenvalue weighted by atomic mass is 15.4. The van der Waals surface area contributed by atoms with Crippen molar-refractivity contribution in [1.82, 2.24) is 5.01 Å². The molecule has 0 aromatic heterocycles. The molecule has 10 heavy (non-hydrogen) atoms. The monoisotopic (exact) mass is 140 g/mol. The topological polar surface area (TPSA) is 15.6 Å². The quantitative estimate of drug-likeness (QED) is 0.508. The predicted octanol–water partition coefficient (Wildman–Crippen LogP) is 1.87. The maximum absolute atomic E-state index is 4.39. The van der Waals surface area contributed by atoms with Gasteiger partial charge >= 0.3 is 0 Å². The predicted molar refractivity (Wildman–Crippen MR) is 44.2 cm³/mol. The molecule has 0 N–H and O–H groups in total. The maximum atomic E-state index is 4.39. The van der Waals surface area contributed by atoms with Gasteiger partial charge in [0.2, 0.25) is 0 Å². The van der Waals surface area contributed by atoms with E-state index >= 15 is 0 Å². The van der Waals surface area contributed by atoms with Crippen LogP contribution in [-0.4, -0.2) is 23.8 Å². The van der Waals surface area contributed by atoms with Crippen molar-refractivity contribution in [2.45, 2.75) is 33.1 Å². The van der Waals surface area contributed by atoms with Gasteiger partial charge in [0, 0.05) is 18.8 Å². The zero-order valence-corrected chi connectivity index (χ0v) is 6.93. The zero-order valence-electron chi connectivity index (χ0n) is 6.93. The maximum Gasteiger partial charge on any atom is 0.0360 e. The van der Waals surface area contributed by atoms with Crippen LogP contribution in [0.3, 0.4) is 0 Å². The summed E-state index contributed by atoms with van der Waals surface area (Å²) in [7, 11) is 0. The zero-order chi connectivity index (χ0) is 7.40. The summed E-state index contributed by atoms with van der Waals surface area (Å²) in [5, 5.41) is 6.57. The van der Waals surface area contributed by atoms with E-state index in [-0.39, 0.29) is 0 Å². The Morgan fingerprint density at radius 2 is 1.70 bits per heavy atom. The number of piperidine rings is 1. The van der Waals surface area contributed by atoms with Crippen molar-refractivity contribution in [3.63, 3.8) is 0 Å². The molecule has 1 aliphatic heterocycles. The molecular weight excluding hydrogens is 124 g/mol. The lowest BCUT2D eigenvalue weighted by Crippen LogP contribution is -2.25. The fourth-order valence-electron chi connectivity index (χ4n) is 1.26. The van der Waals surface area contributed by atoms with Gasteiger partial charge in [0.15, 0.2) is 0 Å². The Morgan fingerprint density at radius 1 is 1.10 bits per heavy atom. The van der Waals surface area contributed by atoms with Crippen LogP contribution in [0.4, 0.5) is 0 Å². The third-order valence-electron chi connectivity index (χ3n) is 1.67. The summed E-state index contributed by atoms with van der Waals surface area (Å²) in [5.74, 6) is 0. The molecule has 0 spiro atoms. The summed E-state index contributed by atoms with van der Waals surface area (Å²) < 4.78 is 0. The molecular formula is C8H16N2. The van der Waals surface area contributed by atoms with Crippen LogP contribution >= 0.6 is 0 Å². The van der Waals surface area contributed by atoms with Crippen LogP contribution in [0, 0.1) is 0 Å². The van der Waals surface area contributed by atoms with Gasteiger partial charge in [0.05, 0.1) is 0 Å². The normalized spacial score (nSPS) is 18.8. The van der Waals surface area contributed by atoms with Gasteiger partial charge in [-0.1, -0.05) is 0 Å². The molecule has 0 aromatic carbocycles. The van der Waals surface area contributed by atoms with Crippen molar-refractivity contribution in [3.8, 4) is 0 Å². The lowest BCUT2D eigenvalue weighted by atomic mass is 10.2. The molecule has 0 bridgehead atoms. The van der Waals surface area contributed by atoms with Gasteiger partial charge in [0.25, 0.3) is 0 Å². The molecule has 1 fully saturated rings. The first-order valence-corrected chi connectivity index (χ1v) is 4.06. The first kappa shape index (κ1) is 7.58. The lowest BCUT2D eigenvalue weighted by Gasteiger charge is -2.23. The molecule has 1 saturated heterocycles. The van der Waals surface area contributed by atoms with Crippen molar-refractivity contribution in [3.05, 3.63) is 0 Å². The van der Waals surface area contributed by atoms with Crippen molar-refractivity contribution in [2.75, 3.05) is 13.1 Å². The van der Waals surface area contributed by atoms with Crippen molar-refractivity contribution in [1.29, 1.82) is 0 Å². The molecule has 0 aliphatic carbocycles. The van der Waals surface area contributed by atoms with Crippen LogP contribution in [0.15, 0.2) is 5.10 Å². The van der Waals surface area contributed by atoms with Gasteiger partial charge in [-0.3, -0.25) is 5.01 Å². The Bertz CT molecular complexity index is 119. The minimum absolute atomic E-state index is 1.16. The highest BCUT2D eigenvalue weighted by molar-refractivity contribution is 5.78. The standard InChI is InChI=1S/C8H16N2/c1-8(2)9-10-6-4-3-5-7-10/h3-7H2,1-2H3. The summed E-state index contributed by atoms with van der Waals surface area (Å²) in [6, 6.07) is 0. The minimum Gasteiger partial charge on any atom is -0.297 e. The fraction of sp³-hybridized carbons (Fsp3) is 0.875. The van der Waals surface area contributed by atoms with Gasteiger partial charge in [0.1, 0.15) is 0 Å². The van der Waals surface area contributed by atoms with E-state index in [1.165, 1.54) is 25.0 Å². The summed E-state index contributed by atoms with van der Waals surface area (Å²) >= 11 is 0. The number of hydrogen-bond acceptors (Lipinski definition) is 2. The summed E-state index contributed by atoms with van der Waals surface area (Å²) in [5.41, 5.74) is 1.17. The van der Waals surface area contributed by atoms with E-state index in [0.29, 0.717) is 0 Å². The van der Waals surface area contributed by atoms with Crippen LogP contribution in [0.2, 0.25) is 0 Å². The molecule has 58 valence electrons. The van der Waals surface area contributed by atoms with Crippen molar-refractivity contribution < 1.29 is 0 Å². The Morgan fingerprint density at radius 3 is 2.20 bits per heavy atom. The van der Waals surface area contributed by atoms with E-state index in [4.69, 9.17) is 0 Å². The number of hydrazone groups is 1. The van der Waals surface area contributed by atoms with Crippen LogP contribution in [0.1, 0.15) is 33.1 Å². The van der Waals surface area contributed by atoms with Gasteiger partial charge in [-0.05, 0) is 33.1 Å². The molecule has 2 nitrogen and oxygen atoms in total. The summed E-state index contributed by atoms with van der Waals surface area (Å²) in [4.78, 5) is 0. The Balaban J connectivity index is 2.33. The van der Waals surface area contributed by atoms with E-state index in [2.05, 4.69) is 24.0 Å². The fourth-order valence-corrected chi connectivity index (χ4v) is 1.26. The average Bonchev–Trinajstić information content (AvgIpc) is 1.88. The molecule has 1 heterocycles. The van der Waals surface area contributed by atoms with Gasteiger partial charge < -0.3 is 0 Å². The first-order valence-electron chi connectivity index (χ1n) is 4.06. The molecule has 2 heteroatoms. The van der Waals surface area contributed by atoms with Crippen LogP contribution in [0.5, 0.6) is 0 Å². The smallest absolute Gasteiger partial charge is 0.0360 e. The third-order valence-corrected chi connectivity index (χ3v) is 1.67. The number of rotatable bonds is 1. The van der Waals surface area contributed by atoms with Gasteiger partial charge in [-0.25, -0.2) is 0 Å². The largest absolute Gasteiger partial charge is 0.297 e. The first-order chi connectivity index (χ1) is 4.79. The molecule has 0 saturated carbocycles. The summed E-state index contributed by atoms with van der Waals surface area (Å²) in [6.07, 6.45) is 4.02. The Hall–Kier alpha value is -0.530. The van der Waals surface area contributed by atoms with Crippen LogP contribution in [0.25, 0.3) is 0 Å². The molecule has 0 atom stereocenters. The average molecular weight is 140 g/mol. The van der Waals surface area contributed by atoms with E-state index in [0.717, 1.165) is 13.1 Å². The van der Waals surface area contributed by atoms with Gasteiger partial charge in [-0.2, -0.15) is 5.10 Å². The van der Waals surface area contributed by atoms with Crippen molar-refractivity contribution in [2.24, 2.45) is 5.10 Å². The number of nitrogens with zero attached hydrogens (tertiary/aromatic N) is 2. The molecule has 0 unspecified atom stereocenters. The minimum atomic E-state index is 1.16. The summed E-state index contributed by atoms with van der Waals surface area (Å²) in [6.45, 7) is 6.42. The highest BCUT2D eigenvalue weighted by Gasteiger charge is 2.05. The Kier molecular flexibility index (Phi) is 2.72. The second kappa shape index (κ2) is 3.59. The SMILES string of the molecule is CC(C)=NN1CCCCC1. The van der Waals surface area contributed by atoms with Crippen LogP contribution < -0.4 is 0 Å². The Labute approximate surface area is 62.9 Å². The van der Waals surface area contributed by atoms with E-state index in [1.54, 1.807) is 0 Å². The van der Waals surface area contributed by atoms with E-state index < -0.39 is 0 Å². The van der Waals surface area contributed by atoms with Crippen molar-refractivity contribution >= 4 is 5.71 Å². The molecule has 0 radical (unpaired) electrons. The molecule has 1 rings (SSSR count). The van der Waals surface area contributed by atoms with E-state index in [1.807, 2.05) is 0 Å². The van der Waals surface area contributed by atoms with E-state index in [9.17, 15) is 0 Å². The second-order valence-electron chi connectivity index (χ2n) is 3.06. The molecule has 1 aliphatic rings.